The number of nitrogens with zero attached hydrogens (tertiary/aromatic N) is 1. The Hall–Kier alpha value is -3.20. The van der Waals surface area contributed by atoms with Crippen molar-refractivity contribution < 1.29 is 14.6 Å². The van der Waals surface area contributed by atoms with Crippen LogP contribution in [0.25, 0.3) is 0 Å². The van der Waals surface area contributed by atoms with Crippen LogP contribution in [0.2, 0.25) is 10.0 Å². The van der Waals surface area contributed by atoms with Gasteiger partial charge in [-0.05, 0) is 54.3 Å². The number of ether oxygens (including phenoxy) is 1. The van der Waals surface area contributed by atoms with Crippen LogP contribution in [0.4, 0.5) is 11.4 Å². The molecule has 1 aliphatic rings. The van der Waals surface area contributed by atoms with Crippen molar-refractivity contribution in [3.8, 4) is 17.6 Å². The molecule has 4 rings (SSSR count). The molecule has 2 N–H and O–H groups in total. The number of halogens is 2. The summed E-state index contributed by atoms with van der Waals surface area (Å²) in [5, 5.41) is 22.8. The Balaban J connectivity index is 1.58. The molecule has 29 heavy (non-hydrogen) atoms. The molecule has 0 spiro atoms. The lowest BCUT2D eigenvalue weighted by Gasteiger charge is -2.24. The smallest absolute Gasteiger partial charge is 0.338 e. The lowest BCUT2D eigenvalue weighted by Crippen LogP contribution is -2.10. The zero-order valence-corrected chi connectivity index (χ0v) is 16.5. The Labute approximate surface area is 177 Å². The lowest BCUT2D eigenvalue weighted by molar-refractivity contribution is 0.0697. The van der Waals surface area contributed by atoms with Crippen LogP contribution in [0.1, 0.15) is 27.0 Å². The maximum absolute atomic E-state index is 11.5. The van der Waals surface area contributed by atoms with Gasteiger partial charge in [-0.1, -0.05) is 35.3 Å². The molecule has 1 heterocycles. The molecule has 3 aromatic carbocycles. The monoisotopic (exact) mass is 424 g/mol. The van der Waals surface area contributed by atoms with E-state index in [4.69, 9.17) is 33.2 Å². The third-order valence-electron chi connectivity index (χ3n) is 4.67. The molecule has 0 bridgehead atoms. The van der Waals surface area contributed by atoms with Gasteiger partial charge in [0, 0.05) is 6.07 Å². The molecule has 0 aliphatic carbocycles. The highest BCUT2D eigenvalue weighted by atomic mass is 35.5. The number of carbonyl (C=O) groups is 1. The van der Waals surface area contributed by atoms with Crippen LogP contribution in [0.5, 0.6) is 11.5 Å². The summed E-state index contributed by atoms with van der Waals surface area (Å²) >= 11 is 12.0. The summed E-state index contributed by atoms with van der Waals surface area (Å²) in [6, 6.07) is 16.1. The van der Waals surface area contributed by atoms with E-state index in [1.54, 1.807) is 6.07 Å². The third kappa shape index (κ3) is 3.86. The van der Waals surface area contributed by atoms with Gasteiger partial charge in [0.2, 0.25) is 0 Å². The van der Waals surface area contributed by atoms with Crippen LogP contribution in [-0.2, 0) is 12.8 Å². The number of aryl methyl sites for hydroxylation is 2. The summed E-state index contributed by atoms with van der Waals surface area (Å²) < 4.78 is 5.92. The van der Waals surface area contributed by atoms with Crippen molar-refractivity contribution in [2.75, 3.05) is 5.32 Å². The summed E-state index contributed by atoms with van der Waals surface area (Å²) in [5.74, 6) is -0.234. The van der Waals surface area contributed by atoms with E-state index in [1.807, 2.05) is 36.4 Å². The molecule has 0 atom stereocenters. The van der Waals surface area contributed by atoms with E-state index in [-0.39, 0.29) is 11.1 Å². The Morgan fingerprint density at radius 2 is 1.72 bits per heavy atom. The summed E-state index contributed by atoms with van der Waals surface area (Å²) in [7, 11) is 0. The number of carboxylic acids is 1. The van der Waals surface area contributed by atoms with Crippen molar-refractivity contribution in [1.29, 1.82) is 5.26 Å². The Bertz CT molecular complexity index is 1190. The molecule has 1 aliphatic heterocycles. The molecule has 0 saturated carbocycles. The number of hydrogen-bond donors (Lipinski definition) is 2. The average molecular weight is 425 g/mol. The minimum Gasteiger partial charge on any atom is -0.478 e. The van der Waals surface area contributed by atoms with Crippen LogP contribution in [-0.4, -0.2) is 11.1 Å². The van der Waals surface area contributed by atoms with Crippen molar-refractivity contribution in [2.24, 2.45) is 0 Å². The number of hydrogen-bond acceptors (Lipinski definition) is 4. The van der Waals surface area contributed by atoms with Crippen molar-refractivity contribution in [1.82, 2.24) is 0 Å². The highest BCUT2D eigenvalue weighted by molar-refractivity contribution is 6.42. The topological polar surface area (TPSA) is 82.4 Å². The third-order valence-corrected chi connectivity index (χ3v) is 5.41. The van der Waals surface area contributed by atoms with Crippen molar-refractivity contribution in [3.63, 3.8) is 0 Å². The van der Waals surface area contributed by atoms with Crippen LogP contribution >= 0.6 is 23.2 Å². The van der Waals surface area contributed by atoms with E-state index in [0.29, 0.717) is 32.9 Å². The number of benzene rings is 3. The van der Waals surface area contributed by atoms with Gasteiger partial charge in [-0.2, -0.15) is 5.26 Å². The van der Waals surface area contributed by atoms with Gasteiger partial charge in [-0.25, -0.2) is 4.79 Å². The number of anilines is 2. The van der Waals surface area contributed by atoms with E-state index in [9.17, 15) is 9.90 Å². The van der Waals surface area contributed by atoms with Crippen LogP contribution in [0, 0.1) is 11.3 Å². The van der Waals surface area contributed by atoms with Crippen LogP contribution in [0.3, 0.4) is 0 Å². The second kappa shape index (κ2) is 7.67. The van der Waals surface area contributed by atoms with Gasteiger partial charge in [0.05, 0.1) is 38.6 Å². The van der Waals surface area contributed by atoms with Gasteiger partial charge in [0.25, 0.3) is 0 Å². The molecule has 0 radical (unpaired) electrons. The van der Waals surface area contributed by atoms with Gasteiger partial charge in [0.1, 0.15) is 0 Å². The zero-order valence-electron chi connectivity index (χ0n) is 15.0. The largest absolute Gasteiger partial charge is 0.478 e. The Kier molecular flexibility index (Phi) is 5.06. The molecule has 0 unspecified atom stereocenters. The normalized spacial score (nSPS) is 11.5. The van der Waals surface area contributed by atoms with Gasteiger partial charge in [-0.3, -0.25) is 0 Å². The molecule has 0 amide bonds. The van der Waals surface area contributed by atoms with Crippen LogP contribution in [0.15, 0.2) is 48.5 Å². The number of rotatable bonds is 4. The zero-order chi connectivity index (χ0) is 20.5. The molecule has 7 heteroatoms. The first-order valence-electron chi connectivity index (χ1n) is 8.78. The van der Waals surface area contributed by atoms with E-state index in [1.165, 1.54) is 12.1 Å². The SMILES string of the molecule is N#Cc1cc2c(c(C(=O)O)c1)Nc1ccc(CCc3ccc(Cl)c(Cl)c3)cc1O2. The minimum atomic E-state index is -1.13. The predicted octanol–water partition coefficient (Wildman–Crippen LogP) is 6.20. The highest BCUT2D eigenvalue weighted by Crippen LogP contribution is 2.44. The fourth-order valence-electron chi connectivity index (χ4n) is 3.21. The van der Waals surface area contributed by atoms with Gasteiger partial charge in [-0.15, -0.1) is 0 Å². The number of fused-ring (bicyclic) bond motifs is 2. The first-order chi connectivity index (χ1) is 13.9. The molecular formula is C22H14Cl2N2O3. The van der Waals surface area contributed by atoms with E-state index >= 15 is 0 Å². The standard InChI is InChI=1S/C22H14Cl2N2O3/c23-16-5-3-12(8-17(16)24)1-2-13-4-6-18-19(9-13)29-20-10-14(11-25)7-15(22(27)28)21(20)26-18/h3-10,26H,1-2H2,(H,27,28). The fraction of sp³-hybridized carbons (Fsp3) is 0.0909. The maximum atomic E-state index is 11.5. The molecule has 0 saturated heterocycles. The second-order valence-electron chi connectivity index (χ2n) is 6.62. The first kappa shape index (κ1) is 19.1. The molecular weight excluding hydrogens is 411 g/mol. The Morgan fingerprint density at radius 3 is 2.41 bits per heavy atom. The van der Waals surface area contributed by atoms with Crippen molar-refractivity contribution in [3.05, 3.63) is 80.8 Å². The summed E-state index contributed by atoms with van der Waals surface area (Å²) in [4.78, 5) is 11.5. The van der Waals surface area contributed by atoms with E-state index in [2.05, 4.69) is 5.32 Å². The summed E-state index contributed by atoms with van der Waals surface area (Å²) in [6.07, 6.45) is 1.54. The van der Waals surface area contributed by atoms with E-state index in [0.717, 1.165) is 24.0 Å². The van der Waals surface area contributed by atoms with Gasteiger partial charge < -0.3 is 15.2 Å². The predicted molar refractivity (Wildman–Crippen MR) is 112 cm³/mol. The molecule has 3 aromatic rings. The van der Waals surface area contributed by atoms with E-state index < -0.39 is 5.97 Å². The average Bonchev–Trinajstić information content (AvgIpc) is 2.72. The quantitative estimate of drug-likeness (QED) is 0.407. The number of aromatic carboxylic acids is 1. The van der Waals surface area contributed by atoms with Crippen molar-refractivity contribution in [2.45, 2.75) is 12.8 Å². The molecule has 144 valence electrons. The lowest BCUT2D eigenvalue weighted by atomic mass is 10.0. The van der Waals surface area contributed by atoms with Gasteiger partial charge in [0.15, 0.2) is 11.5 Å². The number of carboxylic acid groups (broad SMARTS) is 1. The fourth-order valence-corrected chi connectivity index (χ4v) is 3.53. The number of nitriles is 1. The van der Waals surface area contributed by atoms with Crippen molar-refractivity contribution >= 4 is 40.5 Å². The summed E-state index contributed by atoms with van der Waals surface area (Å²) in [5.41, 5.74) is 3.35. The molecule has 0 fully saturated rings. The maximum Gasteiger partial charge on any atom is 0.338 e. The minimum absolute atomic E-state index is 0.00612. The first-order valence-corrected chi connectivity index (χ1v) is 9.53. The summed E-state index contributed by atoms with van der Waals surface area (Å²) in [6.45, 7) is 0. The Morgan fingerprint density at radius 1 is 1.00 bits per heavy atom. The number of nitrogens with one attached hydrogen (secondary N) is 1. The molecule has 0 aromatic heterocycles. The highest BCUT2D eigenvalue weighted by Gasteiger charge is 2.24. The van der Waals surface area contributed by atoms with Gasteiger partial charge >= 0.3 is 5.97 Å². The molecule has 5 nitrogen and oxygen atoms in total. The second-order valence-corrected chi connectivity index (χ2v) is 7.43. The van der Waals surface area contributed by atoms with Crippen LogP contribution < -0.4 is 10.1 Å².